The largest absolute Gasteiger partial charge is 0.492 e. The van der Waals surface area contributed by atoms with Gasteiger partial charge in [-0.05, 0) is 82.7 Å². The molecule has 156 valence electrons. The molecule has 1 saturated heterocycles. The highest BCUT2D eigenvalue weighted by atomic mass is 16.5. The van der Waals surface area contributed by atoms with E-state index in [1.807, 2.05) is 31.2 Å². The van der Waals surface area contributed by atoms with Crippen LogP contribution in [0.5, 0.6) is 5.75 Å². The Labute approximate surface area is 169 Å². The van der Waals surface area contributed by atoms with Gasteiger partial charge in [-0.3, -0.25) is 9.69 Å². The van der Waals surface area contributed by atoms with Gasteiger partial charge in [-0.15, -0.1) is 0 Å². The van der Waals surface area contributed by atoms with E-state index < -0.39 is 5.60 Å². The van der Waals surface area contributed by atoms with Crippen LogP contribution in [0.3, 0.4) is 0 Å². The zero-order chi connectivity index (χ0) is 20.0. The molecule has 1 N–H and O–H groups in total. The van der Waals surface area contributed by atoms with E-state index in [9.17, 15) is 4.79 Å². The molecule has 1 aromatic carbocycles. The van der Waals surface area contributed by atoms with Crippen LogP contribution in [0.15, 0.2) is 24.3 Å². The number of carbonyl (C=O) groups is 1. The Bertz CT molecular complexity index is 629. The molecule has 1 aromatic rings. The molecule has 0 unspecified atom stereocenters. The summed E-state index contributed by atoms with van der Waals surface area (Å²) >= 11 is 0. The molecule has 28 heavy (non-hydrogen) atoms. The second-order valence-corrected chi connectivity index (χ2v) is 8.44. The summed E-state index contributed by atoms with van der Waals surface area (Å²) in [5.74, 6) is 1.13. The fraction of sp³-hybridized carbons (Fsp3) is 0.696. The molecule has 1 saturated carbocycles. The van der Waals surface area contributed by atoms with Crippen molar-refractivity contribution < 1.29 is 14.3 Å². The molecule has 0 bridgehead atoms. The standard InChI is InChI=1S/C23H36N2O3/c1-4-16-28-23(3,19-8-9-19)22(26)24-20-10-12-21(13-11-20)27-17-15-25-14-6-5-7-18(25)2/h10-13,18-19H,4-9,14-17H2,1-3H3,(H,24,26)/t18-,23+/m1/s1. The number of ether oxygens (including phenoxy) is 2. The van der Waals surface area contributed by atoms with E-state index in [1.165, 1.54) is 25.8 Å². The number of rotatable bonds is 10. The summed E-state index contributed by atoms with van der Waals surface area (Å²) in [6.45, 7) is 9.74. The van der Waals surface area contributed by atoms with Gasteiger partial charge in [-0.1, -0.05) is 13.3 Å². The van der Waals surface area contributed by atoms with E-state index in [0.29, 0.717) is 25.2 Å². The summed E-state index contributed by atoms with van der Waals surface area (Å²) in [5.41, 5.74) is 0.0602. The number of nitrogens with one attached hydrogen (secondary N) is 1. The molecule has 1 aliphatic heterocycles. The lowest BCUT2D eigenvalue weighted by Gasteiger charge is -2.33. The Morgan fingerprint density at radius 1 is 1.18 bits per heavy atom. The van der Waals surface area contributed by atoms with Crippen LogP contribution in [-0.4, -0.2) is 48.8 Å². The first-order chi connectivity index (χ1) is 13.5. The number of anilines is 1. The van der Waals surface area contributed by atoms with Gasteiger partial charge in [-0.2, -0.15) is 0 Å². The minimum Gasteiger partial charge on any atom is -0.492 e. The van der Waals surface area contributed by atoms with Gasteiger partial charge in [-0.25, -0.2) is 0 Å². The first-order valence-electron chi connectivity index (χ1n) is 10.9. The van der Waals surface area contributed by atoms with Crippen molar-refractivity contribution in [1.82, 2.24) is 4.90 Å². The number of piperidine rings is 1. The molecule has 1 aliphatic carbocycles. The number of benzene rings is 1. The molecule has 5 heteroatoms. The highest BCUT2D eigenvalue weighted by Gasteiger charge is 2.48. The number of hydrogen-bond acceptors (Lipinski definition) is 4. The fourth-order valence-electron chi connectivity index (χ4n) is 3.98. The third-order valence-electron chi connectivity index (χ3n) is 6.11. The predicted molar refractivity (Wildman–Crippen MR) is 113 cm³/mol. The van der Waals surface area contributed by atoms with Gasteiger partial charge < -0.3 is 14.8 Å². The van der Waals surface area contributed by atoms with Crippen molar-refractivity contribution in [1.29, 1.82) is 0 Å². The molecular weight excluding hydrogens is 352 g/mol. The third kappa shape index (κ3) is 5.48. The molecule has 1 heterocycles. The molecule has 0 aromatic heterocycles. The predicted octanol–water partition coefficient (Wildman–Crippen LogP) is 4.47. The van der Waals surface area contributed by atoms with E-state index >= 15 is 0 Å². The van der Waals surface area contributed by atoms with Crippen molar-refractivity contribution >= 4 is 11.6 Å². The van der Waals surface area contributed by atoms with Crippen LogP contribution in [0.4, 0.5) is 5.69 Å². The highest BCUT2D eigenvalue weighted by Crippen LogP contribution is 2.42. The third-order valence-corrected chi connectivity index (χ3v) is 6.11. The second-order valence-electron chi connectivity index (χ2n) is 8.44. The van der Waals surface area contributed by atoms with Crippen molar-refractivity contribution in [3.63, 3.8) is 0 Å². The Kier molecular flexibility index (Phi) is 7.36. The summed E-state index contributed by atoms with van der Waals surface area (Å²) in [5, 5.41) is 3.03. The zero-order valence-corrected chi connectivity index (χ0v) is 17.7. The quantitative estimate of drug-likeness (QED) is 0.642. The van der Waals surface area contributed by atoms with Crippen molar-refractivity contribution in [3.05, 3.63) is 24.3 Å². The summed E-state index contributed by atoms with van der Waals surface area (Å²) in [7, 11) is 0. The van der Waals surface area contributed by atoms with Crippen LogP contribution in [0.1, 0.15) is 59.3 Å². The Balaban J connectivity index is 1.47. The summed E-state index contributed by atoms with van der Waals surface area (Å²) < 4.78 is 11.8. The molecule has 5 nitrogen and oxygen atoms in total. The van der Waals surface area contributed by atoms with E-state index in [2.05, 4.69) is 24.1 Å². The van der Waals surface area contributed by atoms with Gasteiger partial charge in [0.15, 0.2) is 0 Å². The van der Waals surface area contributed by atoms with Crippen LogP contribution in [0.25, 0.3) is 0 Å². The SMILES string of the molecule is CCCO[C@](C)(C(=O)Nc1ccc(OCCN2CCCC[C@H]2C)cc1)C1CC1. The van der Waals surface area contributed by atoms with Gasteiger partial charge in [0.2, 0.25) is 0 Å². The molecule has 2 aliphatic rings. The van der Waals surface area contributed by atoms with E-state index in [1.54, 1.807) is 0 Å². The normalized spacial score (nSPS) is 22.5. The highest BCUT2D eigenvalue weighted by molar-refractivity contribution is 5.97. The Morgan fingerprint density at radius 3 is 2.57 bits per heavy atom. The maximum atomic E-state index is 12.8. The second kappa shape index (κ2) is 9.75. The van der Waals surface area contributed by atoms with E-state index in [0.717, 1.165) is 37.2 Å². The van der Waals surface area contributed by atoms with Gasteiger partial charge >= 0.3 is 0 Å². The Hall–Kier alpha value is -1.59. The molecule has 2 atom stereocenters. The lowest BCUT2D eigenvalue weighted by atomic mass is 9.98. The molecule has 0 radical (unpaired) electrons. The summed E-state index contributed by atoms with van der Waals surface area (Å²) in [6, 6.07) is 8.33. The van der Waals surface area contributed by atoms with Crippen LogP contribution in [0, 0.1) is 5.92 Å². The van der Waals surface area contributed by atoms with Crippen LogP contribution < -0.4 is 10.1 Å². The number of amides is 1. The van der Waals surface area contributed by atoms with Crippen LogP contribution in [-0.2, 0) is 9.53 Å². The lowest BCUT2D eigenvalue weighted by molar-refractivity contribution is -0.142. The average molecular weight is 389 g/mol. The van der Waals surface area contributed by atoms with Crippen LogP contribution in [0.2, 0.25) is 0 Å². The van der Waals surface area contributed by atoms with E-state index in [-0.39, 0.29) is 5.91 Å². The molecular formula is C23H36N2O3. The maximum Gasteiger partial charge on any atom is 0.256 e. The number of carbonyl (C=O) groups excluding carboxylic acids is 1. The summed E-state index contributed by atoms with van der Waals surface area (Å²) in [4.78, 5) is 15.3. The zero-order valence-electron chi connectivity index (χ0n) is 17.7. The van der Waals surface area contributed by atoms with Crippen LogP contribution >= 0.6 is 0 Å². The number of nitrogens with zero attached hydrogens (tertiary/aromatic N) is 1. The smallest absolute Gasteiger partial charge is 0.256 e. The Morgan fingerprint density at radius 2 is 1.93 bits per heavy atom. The topological polar surface area (TPSA) is 50.8 Å². The number of likely N-dealkylation sites (tertiary alicyclic amines) is 1. The molecule has 1 amide bonds. The monoisotopic (exact) mass is 388 g/mol. The first kappa shape index (κ1) is 21.1. The molecule has 0 spiro atoms. The average Bonchev–Trinajstić information content (AvgIpc) is 3.54. The number of hydrogen-bond donors (Lipinski definition) is 1. The molecule has 3 rings (SSSR count). The fourth-order valence-corrected chi connectivity index (χ4v) is 3.98. The van der Waals surface area contributed by atoms with Gasteiger partial charge in [0, 0.05) is 24.9 Å². The first-order valence-corrected chi connectivity index (χ1v) is 10.9. The lowest BCUT2D eigenvalue weighted by Crippen LogP contribution is -2.45. The van der Waals surface area contributed by atoms with Crippen molar-refractivity contribution in [2.24, 2.45) is 5.92 Å². The van der Waals surface area contributed by atoms with Gasteiger partial charge in [0.25, 0.3) is 5.91 Å². The molecule has 2 fully saturated rings. The summed E-state index contributed by atoms with van der Waals surface area (Å²) in [6.07, 6.45) is 6.97. The van der Waals surface area contributed by atoms with Gasteiger partial charge in [0.1, 0.15) is 18.0 Å². The minimum absolute atomic E-state index is 0.0452. The van der Waals surface area contributed by atoms with Crippen molar-refractivity contribution in [3.8, 4) is 5.75 Å². The minimum atomic E-state index is -0.726. The van der Waals surface area contributed by atoms with Crippen molar-refractivity contribution in [2.75, 3.05) is 31.6 Å². The maximum absolute atomic E-state index is 12.8. The van der Waals surface area contributed by atoms with E-state index in [4.69, 9.17) is 9.47 Å². The van der Waals surface area contributed by atoms with Crippen molar-refractivity contribution in [2.45, 2.75) is 70.9 Å². The van der Waals surface area contributed by atoms with Gasteiger partial charge in [0.05, 0.1) is 0 Å².